The van der Waals surface area contributed by atoms with Gasteiger partial charge in [-0.25, -0.2) is 9.97 Å². The van der Waals surface area contributed by atoms with E-state index in [0.717, 1.165) is 18.5 Å². The number of aromatic nitrogens is 4. The Balaban J connectivity index is 2.11. The van der Waals surface area contributed by atoms with Crippen LogP contribution in [0.5, 0.6) is 0 Å². The van der Waals surface area contributed by atoms with Crippen LogP contribution < -0.4 is 5.56 Å². The van der Waals surface area contributed by atoms with Crippen LogP contribution in [0.25, 0.3) is 11.6 Å². The van der Waals surface area contributed by atoms with Crippen molar-refractivity contribution in [3.8, 4) is 11.6 Å². The Morgan fingerprint density at radius 2 is 2.20 bits per heavy atom. The monoisotopic (exact) mass is 202 g/mol. The second-order valence-corrected chi connectivity index (χ2v) is 3.73. The first-order valence-electron chi connectivity index (χ1n) is 4.94. The number of imidazole rings is 1. The minimum Gasteiger partial charge on any atom is -0.342 e. The van der Waals surface area contributed by atoms with Gasteiger partial charge >= 0.3 is 0 Å². The van der Waals surface area contributed by atoms with E-state index >= 15 is 0 Å². The average Bonchev–Trinajstić information content (AvgIpc) is 2.93. The summed E-state index contributed by atoms with van der Waals surface area (Å²) in [7, 11) is 0. The molecule has 0 aromatic carbocycles. The van der Waals surface area contributed by atoms with E-state index in [9.17, 15) is 4.79 Å². The molecular weight excluding hydrogens is 192 g/mol. The maximum Gasteiger partial charge on any atom is 0.251 e. The van der Waals surface area contributed by atoms with Crippen molar-refractivity contribution in [1.82, 2.24) is 19.9 Å². The average molecular weight is 202 g/mol. The molecule has 3 rings (SSSR count). The zero-order valence-corrected chi connectivity index (χ0v) is 8.03. The molecule has 2 N–H and O–H groups in total. The van der Waals surface area contributed by atoms with Gasteiger partial charge in [0.25, 0.3) is 5.56 Å². The number of nitrogens with one attached hydrogen (secondary N) is 2. The van der Waals surface area contributed by atoms with Crippen LogP contribution in [0, 0.1) is 0 Å². The fraction of sp³-hybridized carbons (Fsp3) is 0.300. The summed E-state index contributed by atoms with van der Waals surface area (Å²) >= 11 is 0. The number of aromatic amines is 2. The van der Waals surface area contributed by atoms with Gasteiger partial charge in [0.15, 0.2) is 11.6 Å². The molecule has 5 nitrogen and oxygen atoms in total. The smallest absolute Gasteiger partial charge is 0.251 e. The molecule has 0 spiro atoms. The lowest BCUT2D eigenvalue weighted by molar-refractivity contribution is 0.965. The van der Waals surface area contributed by atoms with Gasteiger partial charge in [-0.2, -0.15) is 0 Å². The van der Waals surface area contributed by atoms with Crippen molar-refractivity contribution in [2.75, 3.05) is 0 Å². The van der Waals surface area contributed by atoms with E-state index in [1.54, 1.807) is 18.5 Å². The Morgan fingerprint density at radius 1 is 1.33 bits per heavy atom. The number of H-pyrrole nitrogens is 2. The zero-order chi connectivity index (χ0) is 10.3. The Hall–Kier alpha value is -1.91. The second kappa shape index (κ2) is 3.05. The molecule has 1 aliphatic carbocycles. The molecule has 2 aromatic rings. The van der Waals surface area contributed by atoms with E-state index in [0.29, 0.717) is 17.6 Å². The van der Waals surface area contributed by atoms with E-state index < -0.39 is 0 Å². The maximum absolute atomic E-state index is 11.4. The van der Waals surface area contributed by atoms with Crippen molar-refractivity contribution in [2.45, 2.75) is 18.8 Å². The zero-order valence-electron chi connectivity index (χ0n) is 8.03. The first-order valence-corrected chi connectivity index (χ1v) is 4.94. The molecule has 0 radical (unpaired) electrons. The molecule has 5 heteroatoms. The standard InChI is InChI=1S/C10H10N4O/c15-8-5-7(6-1-2-6)13-10(14-8)9-11-3-4-12-9/h3-6H,1-2H2,(H,11,12)(H,13,14,15). The summed E-state index contributed by atoms with van der Waals surface area (Å²) in [6.45, 7) is 0. The highest BCUT2D eigenvalue weighted by Crippen LogP contribution is 2.38. The molecule has 1 saturated carbocycles. The second-order valence-electron chi connectivity index (χ2n) is 3.73. The fourth-order valence-corrected chi connectivity index (χ4v) is 1.57. The molecule has 2 heterocycles. The van der Waals surface area contributed by atoms with Crippen LogP contribution in [-0.2, 0) is 0 Å². The van der Waals surface area contributed by atoms with E-state index in [-0.39, 0.29) is 5.56 Å². The summed E-state index contributed by atoms with van der Waals surface area (Å²) in [6, 6.07) is 1.57. The molecule has 0 unspecified atom stereocenters. The Kier molecular flexibility index (Phi) is 1.71. The minimum absolute atomic E-state index is 0.113. The molecule has 0 saturated heterocycles. The quantitative estimate of drug-likeness (QED) is 0.764. The lowest BCUT2D eigenvalue weighted by Crippen LogP contribution is -2.10. The topological polar surface area (TPSA) is 74.4 Å². The molecule has 0 amide bonds. The highest BCUT2D eigenvalue weighted by atomic mass is 16.1. The first kappa shape index (κ1) is 8.40. The molecular formula is C10H10N4O. The number of rotatable bonds is 2. The maximum atomic E-state index is 11.4. The Labute approximate surface area is 85.6 Å². The summed E-state index contributed by atoms with van der Waals surface area (Å²) in [5.74, 6) is 1.60. The van der Waals surface area contributed by atoms with E-state index in [1.807, 2.05) is 0 Å². The van der Waals surface area contributed by atoms with Crippen LogP contribution in [0.1, 0.15) is 24.5 Å². The summed E-state index contributed by atoms with van der Waals surface area (Å²) < 4.78 is 0. The van der Waals surface area contributed by atoms with Gasteiger partial charge in [-0.15, -0.1) is 0 Å². The Bertz CT molecular complexity index is 525. The van der Waals surface area contributed by atoms with E-state index in [2.05, 4.69) is 19.9 Å². The lowest BCUT2D eigenvalue weighted by Gasteiger charge is -1.99. The molecule has 1 fully saturated rings. The highest BCUT2D eigenvalue weighted by molar-refractivity contribution is 5.42. The number of hydrogen-bond acceptors (Lipinski definition) is 3. The predicted octanol–water partition coefficient (Wildman–Crippen LogP) is 1.04. The summed E-state index contributed by atoms with van der Waals surface area (Å²) in [4.78, 5) is 25.4. The summed E-state index contributed by atoms with van der Waals surface area (Å²) in [6.07, 6.45) is 5.61. The van der Waals surface area contributed by atoms with Crippen LogP contribution in [0.3, 0.4) is 0 Å². The molecule has 0 bridgehead atoms. The van der Waals surface area contributed by atoms with Crippen molar-refractivity contribution < 1.29 is 0 Å². The van der Waals surface area contributed by atoms with Gasteiger partial charge in [-0.05, 0) is 12.8 Å². The molecule has 76 valence electrons. The summed E-state index contributed by atoms with van der Waals surface area (Å²) in [5.41, 5.74) is 0.767. The van der Waals surface area contributed by atoms with Gasteiger partial charge in [0.05, 0.1) is 5.69 Å². The number of hydrogen-bond donors (Lipinski definition) is 2. The Morgan fingerprint density at radius 3 is 2.87 bits per heavy atom. The normalized spacial score (nSPS) is 15.5. The van der Waals surface area contributed by atoms with Crippen molar-refractivity contribution in [2.24, 2.45) is 0 Å². The van der Waals surface area contributed by atoms with Gasteiger partial charge in [0.2, 0.25) is 0 Å². The van der Waals surface area contributed by atoms with Gasteiger partial charge in [0.1, 0.15) is 0 Å². The van der Waals surface area contributed by atoms with Gasteiger partial charge in [-0.1, -0.05) is 0 Å². The third kappa shape index (κ3) is 1.56. The molecule has 1 aliphatic rings. The first-order chi connectivity index (χ1) is 7.33. The number of nitrogens with zero attached hydrogens (tertiary/aromatic N) is 2. The van der Waals surface area contributed by atoms with Crippen LogP contribution >= 0.6 is 0 Å². The van der Waals surface area contributed by atoms with Crippen molar-refractivity contribution in [1.29, 1.82) is 0 Å². The van der Waals surface area contributed by atoms with Crippen molar-refractivity contribution in [3.63, 3.8) is 0 Å². The van der Waals surface area contributed by atoms with Crippen molar-refractivity contribution >= 4 is 0 Å². The SMILES string of the molecule is O=c1cc(C2CC2)nc(-c2ncc[nH]2)[nH]1. The largest absolute Gasteiger partial charge is 0.342 e. The molecule has 0 aliphatic heterocycles. The molecule has 15 heavy (non-hydrogen) atoms. The summed E-state index contributed by atoms with van der Waals surface area (Å²) in [5, 5.41) is 0. The molecule has 0 atom stereocenters. The van der Waals surface area contributed by atoms with Crippen LogP contribution in [-0.4, -0.2) is 19.9 Å². The van der Waals surface area contributed by atoms with E-state index in [4.69, 9.17) is 0 Å². The highest BCUT2D eigenvalue weighted by Gasteiger charge is 2.26. The molecule has 2 aromatic heterocycles. The van der Waals surface area contributed by atoms with Crippen molar-refractivity contribution in [3.05, 3.63) is 34.5 Å². The third-order valence-electron chi connectivity index (χ3n) is 2.48. The van der Waals surface area contributed by atoms with Gasteiger partial charge < -0.3 is 9.97 Å². The van der Waals surface area contributed by atoms with Crippen LogP contribution in [0.4, 0.5) is 0 Å². The van der Waals surface area contributed by atoms with Crippen LogP contribution in [0.2, 0.25) is 0 Å². The van der Waals surface area contributed by atoms with Crippen LogP contribution in [0.15, 0.2) is 23.3 Å². The minimum atomic E-state index is -0.113. The predicted molar refractivity (Wildman–Crippen MR) is 54.4 cm³/mol. The van der Waals surface area contributed by atoms with E-state index in [1.165, 1.54) is 0 Å². The fourth-order valence-electron chi connectivity index (χ4n) is 1.57. The van der Waals surface area contributed by atoms with Gasteiger partial charge in [-0.3, -0.25) is 4.79 Å². The third-order valence-corrected chi connectivity index (χ3v) is 2.48. The lowest BCUT2D eigenvalue weighted by atomic mass is 10.3. The van der Waals surface area contributed by atoms with Gasteiger partial charge in [0, 0.05) is 24.4 Å².